The van der Waals surface area contributed by atoms with Gasteiger partial charge in [0.05, 0.1) is 11.3 Å². The fourth-order valence-corrected chi connectivity index (χ4v) is 4.08. The molecule has 1 atom stereocenters. The molecule has 0 spiro atoms. The van der Waals surface area contributed by atoms with Crippen LogP contribution in [-0.4, -0.2) is 31.4 Å². The zero-order chi connectivity index (χ0) is 17.6. The van der Waals surface area contributed by atoms with E-state index in [0.29, 0.717) is 22.8 Å². The van der Waals surface area contributed by atoms with Crippen LogP contribution in [0, 0.1) is 0 Å². The molecule has 25 heavy (non-hydrogen) atoms. The Bertz CT molecular complexity index is 717. The first-order valence-corrected chi connectivity index (χ1v) is 9.86. The summed E-state index contributed by atoms with van der Waals surface area (Å²) in [4.78, 5) is 12.4. The average Bonchev–Trinajstić information content (AvgIpc) is 3.09. The number of tetrazole rings is 1. The molecule has 6 nitrogen and oxygen atoms in total. The molecule has 2 aromatic rings. The highest BCUT2D eigenvalue weighted by Gasteiger charge is 2.23. The highest BCUT2D eigenvalue weighted by Crippen LogP contribution is 2.31. The number of hydrogen-bond donors (Lipinski definition) is 1. The first-order chi connectivity index (χ1) is 12.1. The van der Waals surface area contributed by atoms with Gasteiger partial charge in [-0.25, -0.2) is 4.68 Å². The number of thioether (sulfide) groups is 1. The molecule has 1 unspecified atom stereocenters. The molecule has 1 saturated carbocycles. The maximum Gasteiger partial charge on any atom is 0.233 e. The molecule has 8 heteroatoms. The number of hydrogen-bond acceptors (Lipinski definition) is 5. The Morgan fingerprint density at radius 2 is 2.12 bits per heavy atom. The number of nitrogens with one attached hydrogen (secondary N) is 1. The minimum absolute atomic E-state index is 0.0527. The molecule has 134 valence electrons. The second-order valence-corrected chi connectivity index (χ2v) is 7.98. The van der Waals surface area contributed by atoms with E-state index >= 15 is 0 Å². The van der Waals surface area contributed by atoms with Gasteiger partial charge in [0, 0.05) is 11.6 Å². The van der Waals surface area contributed by atoms with Gasteiger partial charge < -0.3 is 5.32 Å². The van der Waals surface area contributed by atoms with Crippen molar-refractivity contribution < 1.29 is 4.79 Å². The Labute approximate surface area is 156 Å². The van der Waals surface area contributed by atoms with Crippen molar-refractivity contribution in [1.29, 1.82) is 0 Å². The van der Waals surface area contributed by atoms with Crippen LogP contribution < -0.4 is 5.32 Å². The minimum Gasteiger partial charge on any atom is -0.351 e. The summed E-state index contributed by atoms with van der Waals surface area (Å²) in [5.41, 5.74) is 0.904. The maximum absolute atomic E-state index is 12.4. The molecule has 1 aliphatic rings. The highest BCUT2D eigenvalue weighted by molar-refractivity contribution is 8.00. The number of aromatic nitrogens is 4. The molecule has 1 aromatic heterocycles. The summed E-state index contributed by atoms with van der Waals surface area (Å²) in [7, 11) is 0. The van der Waals surface area contributed by atoms with Crippen LogP contribution in [0.5, 0.6) is 0 Å². The predicted molar refractivity (Wildman–Crippen MR) is 98.6 cm³/mol. The van der Waals surface area contributed by atoms with Crippen molar-refractivity contribution in [2.24, 2.45) is 0 Å². The molecule has 0 bridgehead atoms. The summed E-state index contributed by atoms with van der Waals surface area (Å²) in [5, 5.41) is 16.1. The van der Waals surface area contributed by atoms with E-state index in [0.717, 1.165) is 18.4 Å². The fourth-order valence-electron chi connectivity index (χ4n) is 3.00. The van der Waals surface area contributed by atoms with E-state index in [9.17, 15) is 4.79 Å². The van der Waals surface area contributed by atoms with Gasteiger partial charge in [0.15, 0.2) is 0 Å². The summed E-state index contributed by atoms with van der Waals surface area (Å²) in [5.74, 6) is -0.0527. The van der Waals surface area contributed by atoms with Gasteiger partial charge in [0.25, 0.3) is 0 Å². The second kappa shape index (κ2) is 8.67. The lowest BCUT2D eigenvalue weighted by Crippen LogP contribution is -2.31. The van der Waals surface area contributed by atoms with Crippen molar-refractivity contribution in [3.63, 3.8) is 0 Å². The van der Waals surface area contributed by atoms with Crippen LogP contribution in [-0.2, 0) is 11.3 Å². The van der Waals surface area contributed by atoms with Crippen molar-refractivity contribution >= 4 is 29.3 Å². The smallest absolute Gasteiger partial charge is 0.233 e. The van der Waals surface area contributed by atoms with Gasteiger partial charge in [-0.3, -0.25) is 4.79 Å². The molecular weight excluding hydrogens is 358 g/mol. The summed E-state index contributed by atoms with van der Waals surface area (Å²) in [6.07, 6.45) is 5.91. The fraction of sp³-hybridized carbons (Fsp3) is 0.529. The summed E-state index contributed by atoms with van der Waals surface area (Å²) >= 11 is 7.52. The third-order valence-corrected chi connectivity index (χ3v) is 5.86. The maximum atomic E-state index is 12.4. The number of rotatable bonds is 6. The third-order valence-electron chi connectivity index (χ3n) is 4.45. The topological polar surface area (TPSA) is 72.7 Å². The van der Waals surface area contributed by atoms with E-state index < -0.39 is 0 Å². The largest absolute Gasteiger partial charge is 0.351 e. The van der Waals surface area contributed by atoms with E-state index in [1.54, 1.807) is 0 Å². The summed E-state index contributed by atoms with van der Waals surface area (Å²) < 4.78 is 1.89. The van der Waals surface area contributed by atoms with Crippen molar-refractivity contribution in [1.82, 2.24) is 25.5 Å². The molecule has 1 fully saturated rings. The highest BCUT2D eigenvalue weighted by atomic mass is 35.5. The van der Waals surface area contributed by atoms with Gasteiger partial charge >= 0.3 is 0 Å². The second-order valence-electron chi connectivity index (χ2n) is 6.27. The normalized spacial score (nSPS) is 16.6. The number of nitrogens with zero attached hydrogens (tertiary/aromatic N) is 4. The van der Waals surface area contributed by atoms with Gasteiger partial charge in [-0.1, -0.05) is 60.8 Å². The Hall–Kier alpha value is -1.60. The molecule has 1 amide bonds. The van der Waals surface area contributed by atoms with E-state index in [1.807, 2.05) is 35.9 Å². The van der Waals surface area contributed by atoms with E-state index in [-0.39, 0.29) is 11.2 Å². The predicted octanol–water partition coefficient (Wildman–Crippen LogP) is 3.63. The van der Waals surface area contributed by atoms with E-state index in [1.165, 1.54) is 31.0 Å². The molecule has 1 aliphatic carbocycles. The monoisotopic (exact) mass is 379 g/mol. The molecule has 0 saturated heterocycles. The molecular formula is C17H22ClN5OS. The van der Waals surface area contributed by atoms with Crippen LogP contribution in [0.3, 0.4) is 0 Å². The third kappa shape index (κ3) is 4.73. The van der Waals surface area contributed by atoms with E-state index in [2.05, 4.69) is 20.8 Å². The lowest BCUT2D eigenvalue weighted by Gasteiger charge is -2.22. The van der Waals surface area contributed by atoms with Crippen LogP contribution in [0.2, 0.25) is 5.02 Å². The number of benzene rings is 1. The zero-order valence-corrected chi connectivity index (χ0v) is 15.8. The minimum atomic E-state index is -0.282. The molecule has 1 heterocycles. The van der Waals surface area contributed by atoms with Crippen molar-refractivity contribution in [2.75, 3.05) is 0 Å². The van der Waals surface area contributed by atoms with Gasteiger partial charge in [-0.15, -0.1) is 5.10 Å². The van der Waals surface area contributed by atoms with Gasteiger partial charge in [0.1, 0.15) is 0 Å². The van der Waals surface area contributed by atoms with Crippen LogP contribution in [0.25, 0.3) is 0 Å². The molecule has 3 rings (SSSR count). The lowest BCUT2D eigenvalue weighted by atomic mass is 9.96. The standard InChI is InChI=1S/C17H22ClN5OS/c1-12(16(24)19-11-13-7-5-6-10-15(13)18)25-17-20-21-22-23(17)14-8-3-2-4-9-14/h5-7,10,12,14H,2-4,8-9,11H2,1H3,(H,19,24). The molecule has 0 radical (unpaired) electrons. The van der Waals surface area contributed by atoms with Crippen molar-refractivity contribution in [3.8, 4) is 0 Å². The Balaban J connectivity index is 1.57. The SMILES string of the molecule is CC(Sc1nnnn1C1CCCCC1)C(=O)NCc1ccccc1Cl. The molecule has 1 aromatic carbocycles. The molecule has 1 N–H and O–H groups in total. The zero-order valence-electron chi connectivity index (χ0n) is 14.2. The quantitative estimate of drug-likeness (QED) is 0.776. The Morgan fingerprint density at radius 1 is 1.36 bits per heavy atom. The number of halogens is 1. The number of amides is 1. The summed E-state index contributed by atoms with van der Waals surface area (Å²) in [6, 6.07) is 7.86. The van der Waals surface area contributed by atoms with Gasteiger partial charge in [-0.05, 0) is 41.8 Å². The van der Waals surface area contributed by atoms with Crippen LogP contribution in [0.1, 0.15) is 50.6 Å². The van der Waals surface area contributed by atoms with Crippen LogP contribution in [0.4, 0.5) is 0 Å². The molecule has 0 aliphatic heterocycles. The van der Waals surface area contributed by atoms with Crippen molar-refractivity contribution in [3.05, 3.63) is 34.9 Å². The first-order valence-electron chi connectivity index (χ1n) is 8.61. The number of carbonyl (C=O) groups excluding carboxylic acids is 1. The summed E-state index contributed by atoms with van der Waals surface area (Å²) in [6.45, 7) is 2.28. The van der Waals surface area contributed by atoms with Crippen molar-refractivity contribution in [2.45, 2.75) is 62.0 Å². The number of carbonyl (C=O) groups is 1. The van der Waals surface area contributed by atoms with Gasteiger partial charge in [-0.2, -0.15) is 0 Å². The van der Waals surface area contributed by atoms with E-state index in [4.69, 9.17) is 11.6 Å². The average molecular weight is 380 g/mol. The van der Waals surface area contributed by atoms with Crippen LogP contribution in [0.15, 0.2) is 29.4 Å². The first kappa shape index (κ1) is 18.2. The van der Waals surface area contributed by atoms with Gasteiger partial charge in [0.2, 0.25) is 11.1 Å². The Morgan fingerprint density at radius 3 is 2.88 bits per heavy atom. The lowest BCUT2D eigenvalue weighted by molar-refractivity contribution is -0.120. The van der Waals surface area contributed by atoms with Crippen LogP contribution >= 0.6 is 23.4 Å². The Kier molecular flexibility index (Phi) is 6.31.